The minimum absolute atomic E-state index is 0.110. The van der Waals surface area contributed by atoms with Gasteiger partial charge in [-0.2, -0.15) is 11.8 Å². The molecule has 1 aromatic heterocycles. The predicted molar refractivity (Wildman–Crippen MR) is 114 cm³/mol. The summed E-state index contributed by atoms with van der Waals surface area (Å²) in [6.07, 6.45) is 3.36. The summed E-state index contributed by atoms with van der Waals surface area (Å²) in [5, 5.41) is 3.74. The largest absolute Gasteiger partial charge is 0.465 e. The van der Waals surface area contributed by atoms with Gasteiger partial charge in [0, 0.05) is 23.1 Å². The molecule has 0 fully saturated rings. The van der Waals surface area contributed by atoms with Gasteiger partial charge in [0.25, 0.3) is 5.91 Å². The van der Waals surface area contributed by atoms with Crippen LogP contribution in [0.1, 0.15) is 16.9 Å². The molecule has 0 saturated heterocycles. The van der Waals surface area contributed by atoms with Crippen LogP contribution in [0, 0.1) is 0 Å². The second-order valence-electron chi connectivity index (χ2n) is 5.88. The molecule has 0 atom stereocenters. The van der Waals surface area contributed by atoms with Crippen LogP contribution in [-0.4, -0.2) is 18.2 Å². The topological polar surface area (TPSA) is 42.2 Å². The first kappa shape index (κ1) is 19.3. The van der Waals surface area contributed by atoms with Gasteiger partial charge in [0.2, 0.25) is 0 Å². The molecule has 1 heterocycles. The number of rotatable bonds is 8. The third-order valence-electron chi connectivity index (χ3n) is 3.85. The van der Waals surface area contributed by atoms with Gasteiger partial charge in [-0.1, -0.05) is 54.1 Å². The number of amides is 1. The maximum atomic E-state index is 12.7. The number of furan rings is 1. The van der Waals surface area contributed by atoms with Crippen LogP contribution in [-0.2, 0) is 10.5 Å². The summed E-state index contributed by atoms with van der Waals surface area (Å²) in [6.45, 7) is 0.590. The number of carbonyl (C=O) groups excluding carboxylic acids is 1. The van der Waals surface area contributed by atoms with E-state index in [0.717, 1.165) is 22.1 Å². The fourth-order valence-electron chi connectivity index (χ4n) is 2.56. The van der Waals surface area contributed by atoms with Crippen molar-refractivity contribution >= 4 is 40.9 Å². The first-order valence-corrected chi connectivity index (χ1v) is 10.2. The molecule has 27 heavy (non-hydrogen) atoms. The van der Waals surface area contributed by atoms with Crippen LogP contribution in [0.3, 0.4) is 0 Å². The average Bonchev–Trinajstić information content (AvgIpc) is 3.20. The van der Waals surface area contributed by atoms with Crippen LogP contribution < -0.4 is 5.32 Å². The van der Waals surface area contributed by atoms with Gasteiger partial charge in [0.1, 0.15) is 5.76 Å². The van der Waals surface area contributed by atoms with Crippen LogP contribution in [0.4, 0.5) is 0 Å². The second kappa shape index (κ2) is 10.0. The first-order chi connectivity index (χ1) is 13.2. The maximum absolute atomic E-state index is 12.7. The molecule has 0 aliphatic rings. The second-order valence-corrected chi connectivity index (χ2v) is 7.42. The smallest absolute Gasteiger partial charge is 0.252 e. The molecular formula is C22H20ClNO2S. The molecule has 3 aromatic rings. The highest BCUT2D eigenvalue weighted by molar-refractivity contribution is 7.98. The van der Waals surface area contributed by atoms with E-state index < -0.39 is 0 Å². The van der Waals surface area contributed by atoms with Gasteiger partial charge < -0.3 is 9.73 Å². The van der Waals surface area contributed by atoms with Gasteiger partial charge >= 0.3 is 0 Å². The quantitative estimate of drug-likeness (QED) is 0.401. The number of benzene rings is 2. The van der Waals surface area contributed by atoms with Crippen molar-refractivity contribution in [3.8, 4) is 0 Å². The van der Waals surface area contributed by atoms with Gasteiger partial charge in [-0.15, -0.1) is 0 Å². The SMILES string of the molecule is O=C(NCCSCc1cccc(Cl)c1)/C(=C/c1ccco1)c1ccccc1. The lowest BCUT2D eigenvalue weighted by Crippen LogP contribution is -2.26. The number of hydrogen-bond donors (Lipinski definition) is 1. The Labute approximate surface area is 168 Å². The Morgan fingerprint density at radius 1 is 1.07 bits per heavy atom. The van der Waals surface area contributed by atoms with Crippen molar-refractivity contribution in [1.82, 2.24) is 5.32 Å². The van der Waals surface area contributed by atoms with E-state index in [9.17, 15) is 4.79 Å². The Morgan fingerprint density at radius 3 is 2.67 bits per heavy atom. The number of nitrogens with one attached hydrogen (secondary N) is 1. The van der Waals surface area contributed by atoms with Crippen LogP contribution in [0.2, 0.25) is 5.02 Å². The molecule has 0 aliphatic carbocycles. The van der Waals surface area contributed by atoms with Crippen molar-refractivity contribution in [2.75, 3.05) is 12.3 Å². The standard InChI is InChI=1S/C22H20ClNO2S/c23-19-9-4-6-17(14-19)16-27-13-11-24-22(25)21(15-20-10-5-12-26-20)18-7-2-1-3-8-18/h1-10,12,14-15H,11,13,16H2,(H,24,25)/b21-15+. The van der Waals surface area contributed by atoms with E-state index in [-0.39, 0.29) is 5.91 Å². The van der Waals surface area contributed by atoms with Gasteiger partial charge in [0.15, 0.2) is 0 Å². The van der Waals surface area contributed by atoms with Crippen LogP contribution >= 0.6 is 23.4 Å². The summed E-state index contributed by atoms with van der Waals surface area (Å²) in [6, 6.07) is 21.1. The minimum Gasteiger partial charge on any atom is -0.465 e. The van der Waals surface area contributed by atoms with E-state index >= 15 is 0 Å². The first-order valence-electron chi connectivity index (χ1n) is 8.63. The molecule has 5 heteroatoms. The van der Waals surface area contributed by atoms with Gasteiger partial charge in [-0.05, 0) is 41.5 Å². The molecule has 3 rings (SSSR count). The van der Waals surface area contributed by atoms with Crippen LogP contribution in [0.5, 0.6) is 0 Å². The third-order valence-corrected chi connectivity index (χ3v) is 5.11. The number of hydrogen-bond acceptors (Lipinski definition) is 3. The highest BCUT2D eigenvalue weighted by Crippen LogP contribution is 2.19. The van der Waals surface area contributed by atoms with Crippen molar-refractivity contribution in [1.29, 1.82) is 0 Å². The lowest BCUT2D eigenvalue weighted by atomic mass is 10.0. The molecule has 3 nitrogen and oxygen atoms in total. The zero-order valence-electron chi connectivity index (χ0n) is 14.7. The molecule has 0 radical (unpaired) electrons. The van der Waals surface area contributed by atoms with E-state index in [1.165, 1.54) is 5.56 Å². The van der Waals surface area contributed by atoms with Crippen molar-refractivity contribution in [2.24, 2.45) is 0 Å². The van der Waals surface area contributed by atoms with E-state index in [1.807, 2.05) is 54.6 Å². The van der Waals surface area contributed by atoms with E-state index in [1.54, 1.807) is 30.2 Å². The summed E-state index contributed by atoms with van der Waals surface area (Å²) in [5.74, 6) is 2.23. The van der Waals surface area contributed by atoms with Gasteiger partial charge in [0.05, 0.1) is 11.8 Å². The molecule has 0 aliphatic heterocycles. The van der Waals surface area contributed by atoms with Crippen LogP contribution in [0.15, 0.2) is 77.4 Å². The monoisotopic (exact) mass is 397 g/mol. The Morgan fingerprint density at radius 2 is 1.93 bits per heavy atom. The fraction of sp³-hybridized carbons (Fsp3) is 0.136. The molecule has 0 saturated carbocycles. The predicted octanol–water partition coefficient (Wildman–Crippen LogP) is 5.52. The number of thioether (sulfide) groups is 1. The normalized spacial score (nSPS) is 11.4. The van der Waals surface area contributed by atoms with Crippen LogP contribution in [0.25, 0.3) is 11.6 Å². The summed E-state index contributed by atoms with van der Waals surface area (Å²) >= 11 is 7.76. The molecule has 0 spiro atoms. The Hall–Kier alpha value is -2.43. The summed E-state index contributed by atoms with van der Waals surface area (Å²) < 4.78 is 5.37. The Kier molecular flexibility index (Phi) is 7.19. The molecule has 2 aromatic carbocycles. The third kappa shape index (κ3) is 6.05. The summed E-state index contributed by atoms with van der Waals surface area (Å²) in [5.41, 5.74) is 2.63. The summed E-state index contributed by atoms with van der Waals surface area (Å²) in [7, 11) is 0. The number of carbonyl (C=O) groups is 1. The molecule has 0 bridgehead atoms. The highest BCUT2D eigenvalue weighted by atomic mass is 35.5. The lowest BCUT2D eigenvalue weighted by molar-refractivity contribution is -0.115. The van der Waals surface area contributed by atoms with Gasteiger partial charge in [-0.25, -0.2) is 0 Å². The zero-order chi connectivity index (χ0) is 18.9. The molecule has 1 amide bonds. The van der Waals surface area contributed by atoms with Crippen molar-refractivity contribution < 1.29 is 9.21 Å². The van der Waals surface area contributed by atoms with E-state index in [0.29, 0.717) is 17.9 Å². The molecule has 0 unspecified atom stereocenters. The van der Waals surface area contributed by atoms with Crippen molar-refractivity contribution in [3.63, 3.8) is 0 Å². The summed E-state index contributed by atoms with van der Waals surface area (Å²) in [4.78, 5) is 12.7. The minimum atomic E-state index is -0.110. The highest BCUT2D eigenvalue weighted by Gasteiger charge is 2.12. The molecule has 138 valence electrons. The number of halogens is 1. The lowest BCUT2D eigenvalue weighted by Gasteiger charge is -2.09. The molecular weight excluding hydrogens is 378 g/mol. The average molecular weight is 398 g/mol. The Balaban J connectivity index is 1.55. The van der Waals surface area contributed by atoms with Gasteiger partial charge in [-0.3, -0.25) is 4.79 Å². The maximum Gasteiger partial charge on any atom is 0.252 e. The fourth-order valence-corrected chi connectivity index (χ4v) is 3.58. The van der Waals surface area contributed by atoms with Crippen molar-refractivity contribution in [3.05, 3.63) is 94.9 Å². The zero-order valence-corrected chi connectivity index (χ0v) is 16.3. The Bertz CT molecular complexity index is 892. The van der Waals surface area contributed by atoms with E-state index in [2.05, 4.69) is 11.4 Å². The van der Waals surface area contributed by atoms with E-state index in [4.69, 9.17) is 16.0 Å². The van der Waals surface area contributed by atoms with Crippen molar-refractivity contribution in [2.45, 2.75) is 5.75 Å². The molecule has 1 N–H and O–H groups in total.